The van der Waals surface area contributed by atoms with Gasteiger partial charge in [-0.25, -0.2) is 9.18 Å². The number of carbonyl (C=O) groups is 1. The van der Waals surface area contributed by atoms with Crippen LogP contribution in [-0.2, 0) is 9.53 Å². The molecule has 0 radical (unpaired) electrons. The normalized spacial score (nSPS) is 12.5. The van der Waals surface area contributed by atoms with Gasteiger partial charge >= 0.3 is 5.97 Å². The van der Waals surface area contributed by atoms with Gasteiger partial charge in [0.15, 0.2) is 0 Å². The molecule has 92 valence electrons. The number of allylic oxidation sites excluding steroid dienone is 1. The molecule has 17 heavy (non-hydrogen) atoms. The van der Waals surface area contributed by atoms with Crippen molar-refractivity contribution in [2.75, 3.05) is 26.1 Å². The molecule has 0 bridgehead atoms. The summed E-state index contributed by atoms with van der Waals surface area (Å²) >= 11 is 0. The summed E-state index contributed by atoms with van der Waals surface area (Å²) in [5, 5.41) is 0. The third-order valence-corrected chi connectivity index (χ3v) is 2.33. The molecule has 1 aromatic carbocycles. The van der Waals surface area contributed by atoms with Crippen molar-refractivity contribution in [3.8, 4) is 0 Å². The van der Waals surface area contributed by atoms with Crippen molar-refractivity contribution in [1.82, 2.24) is 0 Å². The quantitative estimate of drug-likeness (QED) is 0.594. The van der Waals surface area contributed by atoms with Crippen LogP contribution >= 0.6 is 0 Å². The number of nitrogens with zero attached hydrogens (tertiary/aromatic N) is 1. The van der Waals surface area contributed by atoms with Crippen LogP contribution in [0.25, 0.3) is 0 Å². The summed E-state index contributed by atoms with van der Waals surface area (Å²) in [5.74, 6) is -0.558. The van der Waals surface area contributed by atoms with Crippen LogP contribution in [-0.4, -0.2) is 27.2 Å². The number of halogens is 1. The van der Waals surface area contributed by atoms with Gasteiger partial charge in [0.05, 0.1) is 7.11 Å². The second kappa shape index (κ2) is 6.03. The van der Waals surface area contributed by atoms with Gasteiger partial charge in [-0.3, -0.25) is 0 Å². The number of esters is 1. The smallest absolute Gasteiger partial charge is 0.330 e. The molecular weight excluding hydrogens is 220 g/mol. The standard InChI is InChI=1S/C13H16FNO2/c1-15(2)11-6-4-10(5-7-11)12(14)8-9-13(16)17-3/h4-9,12H,1-3H3/b9-8+/i14-1. The van der Waals surface area contributed by atoms with Crippen molar-refractivity contribution < 1.29 is 13.9 Å². The van der Waals surface area contributed by atoms with Crippen LogP contribution in [0.1, 0.15) is 11.7 Å². The molecule has 3 nitrogen and oxygen atoms in total. The van der Waals surface area contributed by atoms with Crippen LogP contribution in [0.2, 0.25) is 0 Å². The van der Waals surface area contributed by atoms with Crippen LogP contribution in [0, 0.1) is 0 Å². The number of rotatable bonds is 4. The molecule has 1 rings (SSSR count). The fourth-order valence-electron chi connectivity index (χ4n) is 1.30. The zero-order valence-corrected chi connectivity index (χ0v) is 10.2. The van der Waals surface area contributed by atoms with Gasteiger partial charge < -0.3 is 9.64 Å². The molecule has 0 heterocycles. The second-order valence-corrected chi connectivity index (χ2v) is 3.77. The Balaban J connectivity index is 2.73. The summed E-state index contributed by atoms with van der Waals surface area (Å²) in [5.41, 5.74) is 1.51. The average Bonchev–Trinajstić information content (AvgIpc) is 2.35. The molecule has 0 saturated carbocycles. The highest BCUT2D eigenvalue weighted by atomic mass is 18.2. The van der Waals surface area contributed by atoms with Crippen molar-refractivity contribution in [1.29, 1.82) is 0 Å². The topological polar surface area (TPSA) is 29.5 Å². The largest absolute Gasteiger partial charge is 0.466 e. The Morgan fingerprint density at radius 3 is 2.41 bits per heavy atom. The van der Waals surface area contributed by atoms with Gasteiger partial charge in [-0.05, 0) is 23.8 Å². The van der Waals surface area contributed by atoms with Gasteiger partial charge in [-0.15, -0.1) is 0 Å². The monoisotopic (exact) mass is 236 g/mol. The summed E-state index contributed by atoms with van der Waals surface area (Å²) in [6.45, 7) is 0. The molecule has 1 atom stereocenters. The molecule has 0 aromatic heterocycles. The number of carbonyl (C=O) groups excluding carboxylic acids is 1. The number of methoxy groups -OCH3 is 1. The van der Waals surface area contributed by atoms with E-state index in [1.54, 1.807) is 12.1 Å². The first kappa shape index (κ1) is 13.2. The molecule has 4 heteroatoms. The molecule has 0 N–H and O–H groups in total. The van der Waals surface area contributed by atoms with E-state index in [1.807, 2.05) is 31.1 Å². The molecule has 1 unspecified atom stereocenters. The molecule has 0 fully saturated rings. The number of hydrogen-bond acceptors (Lipinski definition) is 3. The Kier molecular flexibility index (Phi) is 4.69. The first-order valence-corrected chi connectivity index (χ1v) is 5.22. The summed E-state index contributed by atoms with van der Waals surface area (Å²) in [4.78, 5) is 12.7. The van der Waals surface area contributed by atoms with Crippen molar-refractivity contribution in [3.63, 3.8) is 0 Å². The maximum absolute atomic E-state index is 13.7. The van der Waals surface area contributed by atoms with Crippen molar-refractivity contribution in [3.05, 3.63) is 42.0 Å². The lowest BCUT2D eigenvalue weighted by atomic mass is 10.1. The van der Waals surface area contributed by atoms with E-state index in [2.05, 4.69) is 4.74 Å². The number of alkyl halides is 1. The van der Waals surface area contributed by atoms with E-state index >= 15 is 0 Å². The fraction of sp³-hybridized carbons (Fsp3) is 0.308. The first-order valence-electron chi connectivity index (χ1n) is 5.22. The zero-order valence-electron chi connectivity index (χ0n) is 10.2. The Hall–Kier alpha value is -1.84. The number of anilines is 1. The Morgan fingerprint density at radius 1 is 1.35 bits per heavy atom. The Bertz CT molecular complexity index is 398. The number of hydrogen-bond donors (Lipinski definition) is 0. The summed E-state index contributed by atoms with van der Waals surface area (Å²) in [7, 11) is 5.09. The lowest BCUT2D eigenvalue weighted by Gasteiger charge is -2.13. The molecule has 0 saturated heterocycles. The van der Waals surface area contributed by atoms with Crippen molar-refractivity contribution >= 4 is 11.7 Å². The van der Waals surface area contributed by atoms with E-state index in [0.717, 1.165) is 11.8 Å². The van der Waals surface area contributed by atoms with E-state index in [1.165, 1.54) is 13.2 Å². The van der Waals surface area contributed by atoms with Gasteiger partial charge in [0.1, 0.15) is 6.17 Å². The highest BCUT2D eigenvalue weighted by Gasteiger charge is 2.06. The van der Waals surface area contributed by atoms with E-state index in [4.69, 9.17) is 0 Å². The summed E-state index contributed by atoms with van der Waals surface area (Å²) < 4.78 is 18.0. The minimum absolute atomic E-state index is 0.510. The first-order chi connectivity index (χ1) is 8.04. The predicted octanol–water partition coefficient (Wildman–Crippen LogP) is 2.49. The minimum atomic E-state index is -1.30. The molecule has 0 aliphatic carbocycles. The van der Waals surface area contributed by atoms with Gasteiger partial charge in [0.2, 0.25) is 0 Å². The highest BCUT2D eigenvalue weighted by molar-refractivity contribution is 5.81. The Labute approximate surface area is 100 Å². The van der Waals surface area contributed by atoms with E-state index < -0.39 is 12.1 Å². The highest BCUT2D eigenvalue weighted by Crippen LogP contribution is 2.21. The number of ether oxygens (including phenoxy) is 1. The van der Waals surface area contributed by atoms with Crippen molar-refractivity contribution in [2.24, 2.45) is 0 Å². The molecule has 0 aliphatic rings. The molecular formula is C13H16FNO2. The van der Waals surface area contributed by atoms with E-state index in [9.17, 15) is 9.18 Å². The molecule has 0 aliphatic heterocycles. The lowest BCUT2D eigenvalue weighted by Crippen LogP contribution is -2.08. The second-order valence-electron chi connectivity index (χ2n) is 3.77. The van der Waals surface area contributed by atoms with Gasteiger partial charge in [-0.1, -0.05) is 12.1 Å². The fourth-order valence-corrected chi connectivity index (χ4v) is 1.30. The SMILES string of the molecule is COC(=O)/C=C/C([18F])c1ccc(N(C)C)cc1. The van der Waals surface area contributed by atoms with Crippen LogP contribution in [0.4, 0.5) is 10.1 Å². The maximum atomic E-state index is 13.7. The third-order valence-electron chi connectivity index (χ3n) is 2.33. The predicted molar refractivity (Wildman–Crippen MR) is 65.8 cm³/mol. The molecule has 1 aromatic rings. The van der Waals surface area contributed by atoms with Crippen LogP contribution in [0.3, 0.4) is 0 Å². The third kappa shape index (κ3) is 3.90. The summed E-state index contributed by atoms with van der Waals surface area (Å²) in [6, 6.07) is 7.05. The maximum Gasteiger partial charge on any atom is 0.330 e. The zero-order chi connectivity index (χ0) is 12.8. The molecule has 0 amide bonds. The number of benzene rings is 1. The lowest BCUT2D eigenvalue weighted by molar-refractivity contribution is -0.134. The Morgan fingerprint density at radius 2 is 1.94 bits per heavy atom. The van der Waals surface area contributed by atoms with Gasteiger partial charge in [-0.2, -0.15) is 0 Å². The summed E-state index contributed by atoms with van der Waals surface area (Å²) in [6.07, 6.45) is 0.964. The van der Waals surface area contributed by atoms with Crippen molar-refractivity contribution in [2.45, 2.75) is 6.17 Å². The average molecular weight is 236 g/mol. The van der Waals surface area contributed by atoms with E-state index in [-0.39, 0.29) is 0 Å². The van der Waals surface area contributed by atoms with Crippen LogP contribution in [0.15, 0.2) is 36.4 Å². The van der Waals surface area contributed by atoms with Gasteiger partial charge in [0.25, 0.3) is 0 Å². The van der Waals surface area contributed by atoms with Gasteiger partial charge in [0, 0.05) is 25.9 Å². The van der Waals surface area contributed by atoms with E-state index in [0.29, 0.717) is 5.56 Å². The van der Waals surface area contributed by atoms with Crippen LogP contribution < -0.4 is 4.90 Å². The minimum Gasteiger partial charge on any atom is -0.466 e. The van der Waals surface area contributed by atoms with Crippen LogP contribution in [0.5, 0.6) is 0 Å². The molecule has 0 spiro atoms.